The zero-order chi connectivity index (χ0) is 18.5. The molecule has 0 saturated carbocycles. The van der Waals surface area contributed by atoms with Crippen LogP contribution in [0.2, 0.25) is 0 Å². The second kappa shape index (κ2) is 8.47. The van der Waals surface area contributed by atoms with Gasteiger partial charge in [-0.25, -0.2) is 4.98 Å². The maximum absolute atomic E-state index is 12.4. The lowest BCUT2D eigenvalue weighted by molar-refractivity contribution is 0.0954. The second-order valence-electron chi connectivity index (χ2n) is 6.46. The first-order valence-electron chi connectivity index (χ1n) is 8.96. The number of likely N-dealkylation sites (N-methyl/N-ethyl adjacent to an activating group) is 1. The Morgan fingerprint density at radius 2 is 2.08 bits per heavy atom. The fourth-order valence-electron chi connectivity index (χ4n) is 2.83. The van der Waals surface area contributed by atoms with E-state index in [1.54, 1.807) is 7.11 Å². The summed E-state index contributed by atoms with van der Waals surface area (Å²) in [5.74, 6) is 0.754. The maximum Gasteiger partial charge on any atom is 0.261 e. The Hall–Kier alpha value is -2.18. The molecule has 5 nitrogen and oxygen atoms in total. The Morgan fingerprint density at radius 3 is 2.85 bits per heavy atom. The largest absolute Gasteiger partial charge is 0.497 e. The normalized spacial score (nSPS) is 11.4. The molecule has 2 aromatic heterocycles. The van der Waals surface area contributed by atoms with Gasteiger partial charge in [-0.05, 0) is 44.3 Å². The summed E-state index contributed by atoms with van der Waals surface area (Å²) in [5.41, 5.74) is 0.878. The van der Waals surface area contributed by atoms with Gasteiger partial charge in [-0.3, -0.25) is 4.79 Å². The van der Waals surface area contributed by atoms with Crippen molar-refractivity contribution in [1.82, 2.24) is 15.2 Å². The molecule has 0 unspecified atom stereocenters. The van der Waals surface area contributed by atoms with Crippen molar-refractivity contribution < 1.29 is 9.53 Å². The minimum absolute atomic E-state index is 0.0291. The van der Waals surface area contributed by atoms with Gasteiger partial charge in [0.1, 0.15) is 10.6 Å². The Balaban J connectivity index is 1.69. The highest BCUT2D eigenvalue weighted by atomic mass is 32.1. The number of rotatable bonds is 8. The van der Waals surface area contributed by atoms with Crippen LogP contribution in [0.4, 0.5) is 0 Å². The molecule has 0 aliphatic rings. The number of nitrogens with one attached hydrogen (secondary N) is 1. The lowest BCUT2D eigenvalue weighted by Crippen LogP contribution is -2.33. The van der Waals surface area contributed by atoms with E-state index in [2.05, 4.69) is 35.2 Å². The highest BCUT2D eigenvalue weighted by molar-refractivity contribution is 7.20. The lowest BCUT2D eigenvalue weighted by atomic mass is 10.2. The Labute approximate surface area is 158 Å². The summed E-state index contributed by atoms with van der Waals surface area (Å²) in [6.45, 7) is 4.76. The number of thiophene rings is 1. The summed E-state index contributed by atoms with van der Waals surface area (Å²) in [6, 6.07) is 9.82. The monoisotopic (exact) mass is 371 g/mol. The molecule has 26 heavy (non-hydrogen) atoms. The topological polar surface area (TPSA) is 54.5 Å². The summed E-state index contributed by atoms with van der Waals surface area (Å²) in [5, 5.41) is 5.05. The van der Waals surface area contributed by atoms with Crippen LogP contribution in [0.15, 0.2) is 30.3 Å². The van der Waals surface area contributed by atoms with E-state index in [1.807, 2.05) is 24.3 Å². The van der Waals surface area contributed by atoms with Gasteiger partial charge in [-0.1, -0.05) is 13.3 Å². The summed E-state index contributed by atoms with van der Waals surface area (Å²) in [6.07, 6.45) is 2.37. The van der Waals surface area contributed by atoms with Crippen LogP contribution in [0.1, 0.15) is 29.4 Å². The number of unbranched alkanes of at least 4 members (excludes halogenated alkanes) is 1. The molecule has 1 N–H and O–H groups in total. The fourth-order valence-corrected chi connectivity index (χ4v) is 3.77. The highest BCUT2D eigenvalue weighted by Crippen LogP contribution is 2.29. The summed E-state index contributed by atoms with van der Waals surface area (Å²) < 4.78 is 5.26. The number of fused-ring (bicyclic) bond motifs is 2. The first-order chi connectivity index (χ1) is 12.6. The Kier molecular flexibility index (Phi) is 6.06. The van der Waals surface area contributed by atoms with E-state index < -0.39 is 0 Å². The number of methoxy groups -OCH3 is 1. The van der Waals surface area contributed by atoms with Crippen LogP contribution in [-0.2, 0) is 0 Å². The van der Waals surface area contributed by atoms with Gasteiger partial charge in [0, 0.05) is 29.9 Å². The molecule has 1 aromatic carbocycles. The third kappa shape index (κ3) is 4.31. The molecule has 6 heteroatoms. The summed E-state index contributed by atoms with van der Waals surface area (Å²) in [4.78, 5) is 20.9. The van der Waals surface area contributed by atoms with Crippen molar-refractivity contribution in [3.8, 4) is 5.75 Å². The SMILES string of the molecule is CCCCN(C)CCNC(=O)c1cc2cc3ccc(OC)cc3nc2s1. The van der Waals surface area contributed by atoms with Crippen LogP contribution in [0, 0.1) is 0 Å². The van der Waals surface area contributed by atoms with Crippen molar-refractivity contribution in [2.75, 3.05) is 33.8 Å². The van der Waals surface area contributed by atoms with E-state index in [4.69, 9.17) is 4.74 Å². The molecule has 0 fully saturated rings. The summed E-state index contributed by atoms with van der Waals surface area (Å²) >= 11 is 1.43. The number of hydrogen-bond donors (Lipinski definition) is 1. The fraction of sp³-hybridized carbons (Fsp3) is 0.400. The van der Waals surface area contributed by atoms with Crippen molar-refractivity contribution in [3.05, 3.63) is 35.2 Å². The standard InChI is InChI=1S/C20H25N3O2S/c1-4-5-9-23(2)10-8-21-19(24)18-12-15-11-14-6-7-16(25-3)13-17(14)22-20(15)26-18/h6-7,11-13H,4-5,8-10H2,1-3H3,(H,21,24). The number of pyridine rings is 1. The van der Waals surface area contributed by atoms with E-state index in [0.29, 0.717) is 11.4 Å². The Morgan fingerprint density at radius 1 is 1.23 bits per heavy atom. The zero-order valence-electron chi connectivity index (χ0n) is 15.5. The lowest BCUT2D eigenvalue weighted by Gasteiger charge is -2.15. The zero-order valence-corrected chi connectivity index (χ0v) is 16.4. The van der Waals surface area contributed by atoms with Crippen LogP contribution in [0.5, 0.6) is 5.75 Å². The van der Waals surface area contributed by atoms with Crippen LogP contribution in [0.3, 0.4) is 0 Å². The van der Waals surface area contributed by atoms with Crippen molar-refractivity contribution in [2.24, 2.45) is 0 Å². The highest BCUT2D eigenvalue weighted by Gasteiger charge is 2.12. The quantitative estimate of drug-likeness (QED) is 0.652. The van der Waals surface area contributed by atoms with Crippen molar-refractivity contribution in [3.63, 3.8) is 0 Å². The van der Waals surface area contributed by atoms with E-state index >= 15 is 0 Å². The van der Waals surface area contributed by atoms with Crippen LogP contribution in [0.25, 0.3) is 21.1 Å². The molecule has 3 aromatic rings. The second-order valence-corrected chi connectivity index (χ2v) is 7.50. The van der Waals surface area contributed by atoms with E-state index in [0.717, 1.165) is 40.0 Å². The third-order valence-electron chi connectivity index (χ3n) is 4.41. The minimum atomic E-state index is -0.0291. The molecule has 0 atom stereocenters. The minimum Gasteiger partial charge on any atom is -0.497 e. The molecule has 0 bridgehead atoms. The van der Waals surface area contributed by atoms with Gasteiger partial charge in [0.2, 0.25) is 0 Å². The van der Waals surface area contributed by atoms with Crippen molar-refractivity contribution in [1.29, 1.82) is 0 Å². The number of hydrogen-bond acceptors (Lipinski definition) is 5. The molecular formula is C20H25N3O2S. The average Bonchev–Trinajstić information content (AvgIpc) is 3.06. The first-order valence-corrected chi connectivity index (χ1v) is 9.77. The molecule has 0 saturated heterocycles. The number of aromatic nitrogens is 1. The van der Waals surface area contributed by atoms with Crippen LogP contribution < -0.4 is 10.1 Å². The maximum atomic E-state index is 12.4. The smallest absolute Gasteiger partial charge is 0.261 e. The molecule has 3 rings (SSSR count). The van der Waals surface area contributed by atoms with Gasteiger partial charge in [0.05, 0.1) is 17.5 Å². The van der Waals surface area contributed by atoms with Gasteiger partial charge in [-0.15, -0.1) is 11.3 Å². The molecule has 2 heterocycles. The molecule has 1 amide bonds. The van der Waals surface area contributed by atoms with Crippen LogP contribution >= 0.6 is 11.3 Å². The molecule has 0 aliphatic heterocycles. The number of amides is 1. The summed E-state index contributed by atoms with van der Waals surface area (Å²) in [7, 11) is 3.73. The number of carbonyl (C=O) groups is 1. The van der Waals surface area contributed by atoms with Gasteiger partial charge >= 0.3 is 0 Å². The van der Waals surface area contributed by atoms with Gasteiger partial charge in [0.15, 0.2) is 0 Å². The predicted molar refractivity (Wildman–Crippen MR) is 108 cm³/mol. The molecule has 138 valence electrons. The predicted octanol–water partition coefficient (Wildman–Crippen LogP) is 3.92. The molecule has 0 radical (unpaired) electrons. The number of nitrogens with zero attached hydrogens (tertiary/aromatic N) is 2. The average molecular weight is 372 g/mol. The first kappa shape index (κ1) is 18.6. The molecule has 0 aliphatic carbocycles. The number of ether oxygens (including phenoxy) is 1. The molecular weight excluding hydrogens is 346 g/mol. The van der Waals surface area contributed by atoms with E-state index in [1.165, 1.54) is 24.2 Å². The Bertz CT molecular complexity index is 907. The molecule has 0 spiro atoms. The number of carbonyl (C=O) groups excluding carboxylic acids is 1. The van der Waals surface area contributed by atoms with Gasteiger partial charge < -0.3 is 15.0 Å². The van der Waals surface area contributed by atoms with Gasteiger partial charge in [-0.2, -0.15) is 0 Å². The van der Waals surface area contributed by atoms with Gasteiger partial charge in [0.25, 0.3) is 5.91 Å². The number of benzene rings is 1. The third-order valence-corrected chi connectivity index (χ3v) is 5.45. The van der Waals surface area contributed by atoms with Crippen molar-refractivity contribution in [2.45, 2.75) is 19.8 Å². The van der Waals surface area contributed by atoms with Crippen molar-refractivity contribution >= 4 is 38.4 Å². The van der Waals surface area contributed by atoms with E-state index in [-0.39, 0.29) is 5.91 Å². The van der Waals surface area contributed by atoms with E-state index in [9.17, 15) is 4.79 Å². The van der Waals surface area contributed by atoms with Crippen LogP contribution in [-0.4, -0.2) is 49.6 Å².